The summed E-state index contributed by atoms with van der Waals surface area (Å²) in [6.45, 7) is 3.12. The highest BCUT2D eigenvalue weighted by molar-refractivity contribution is 5.90. The molecule has 2 aliphatic carbocycles. The highest BCUT2D eigenvalue weighted by atomic mass is 16.5. The van der Waals surface area contributed by atoms with Crippen molar-refractivity contribution in [3.8, 4) is 17.2 Å². The fraction of sp³-hybridized carbons (Fsp3) is 0.500. The molecule has 1 aromatic rings. The van der Waals surface area contributed by atoms with Crippen LogP contribution in [-0.2, 0) is 11.2 Å². The molecule has 1 fully saturated rings. The number of nitrogens with two attached hydrogens (primary N) is 1. The third kappa shape index (κ3) is 4.52. The standard InChI is InChI=1S/C26H35N3O5/c1-15(30)28-20-7-5-16-13-23(32-2)25(33-3)26(34-4)24(16)18-6-8-21(22(31)14-19(18)20)29-11-9-17(27)10-12-29/h6,8,13-14,17,20,22,31H,5,7,9-12,27H2,1-4H3,(H,28,30). The first-order chi connectivity index (χ1) is 16.4. The number of fused-ring (bicyclic) bond motifs is 3. The third-order valence-corrected chi connectivity index (χ3v) is 6.91. The molecule has 1 aliphatic heterocycles. The second-order valence-corrected chi connectivity index (χ2v) is 9.03. The molecule has 4 rings (SSSR count). The molecule has 2 unspecified atom stereocenters. The summed E-state index contributed by atoms with van der Waals surface area (Å²) in [5.74, 6) is 1.57. The van der Waals surface area contributed by atoms with Gasteiger partial charge in [-0.1, -0.05) is 6.08 Å². The number of aliphatic hydroxyl groups excluding tert-OH is 1. The highest BCUT2D eigenvalue weighted by Gasteiger charge is 2.33. The molecule has 1 heterocycles. The Bertz CT molecular complexity index is 1040. The van der Waals surface area contributed by atoms with Crippen LogP contribution in [0.2, 0.25) is 0 Å². The van der Waals surface area contributed by atoms with Gasteiger partial charge in [0.15, 0.2) is 11.5 Å². The molecule has 2 atom stereocenters. The fourth-order valence-electron chi connectivity index (χ4n) is 5.24. The number of carbonyl (C=O) groups excluding carboxylic acids is 1. The molecular formula is C26H35N3O5. The number of nitrogens with one attached hydrogen (secondary N) is 1. The molecule has 184 valence electrons. The van der Waals surface area contributed by atoms with E-state index in [9.17, 15) is 9.90 Å². The van der Waals surface area contributed by atoms with Crippen molar-refractivity contribution < 1.29 is 24.1 Å². The number of amides is 1. The SMILES string of the molecule is COc1cc2c(c(OC)c1OC)C1=CC=C(N3CCC(N)CC3)C(O)C=C1C(NC(C)=O)CC2. The Morgan fingerprint density at radius 1 is 1.09 bits per heavy atom. The number of piperidine rings is 1. The normalized spacial score (nSPS) is 22.8. The van der Waals surface area contributed by atoms with E-state index in [1.54, 1.807) is 21.3 Å². The Kier molecular flexibility index (Phi) is 7.19. The second kappa shape index (κ2) is 10.1. The molecule has 34 heavy (non-hydrogen) atoms. The number of hydrogen-bond donors (Lipinski definition) is 3. The Morgan fingerprint density at radius 3 is 2.41 bits per heavy atom. The van der Waals surface area contributed by atoms with Crippen molar-refractivity contribution in [2.24, 2.45) is 5.73 Å². The summed E-state index contributed by atoms with van der Waals surface area (Å²) in [6.07, 6.45) is 8.22. The van der Waals surface area contributed by atoms with Gasteiger partial charge in [0.1, 0.15) is 6.10 Å². The highest BCUT2D eigenvalue weighted by Crippen LogP contribution is 2.49. The van der Waals surface area contributed by atoms with E-state index in [2.05, 4.69) is 10.2 Å². The van der Waals surface area contributed by atoms with E-state index >= 15 is 0 Å². The fourth-order valence-corrected chi connectivity index (χ4v) is 5.24. The van der Waals surface area contributed by atoms with E-state index in [1.165, 1.54) is 6.92 Å². The van der Waals surface area contributed by atoms with Gasteiger partial charge in [0, 0.05) is 37.3 Å². The number of rotatable bonds is 5. The molecule has 0 saturated carbocycles. The zero-order valence-corrected chi connectivity index (χ0v) is 20.4. The summed E-state index contributed by atoms with van der Waals surface area (Å²) in [6, 6.07) is 1.92. The van der Waals surface area contributed by atoms with Crippen LogP contribution in [0.4, 0.5) is 0 Å². The Balaban J connectivity index is 1.90. The van der Waals surface area contributed by atoms with Crippen LogP contribution in [0.25, 0.3) is 5.57 Å². The molecule has 0 radical (unpaired) electrons. The van der Waals surface area contributed by atoms with Crippen LogP contribution in [-0.4, -0.2) is 68.5 Å². The summed E-state index contributed by atoms with van der Waals surface area (Å²) in [5, 5.41) is 14.4. The number of ether oxygens (including phenoxy) is 3. The van der Waals surface area contributed by atoms with E-state index in [0.717, 1.165) is 53.9 Å². The number of carbonyl (C=O) groups is 1. The molecule has 4 N–H and O–H groups in total. The summed E-state index contributed by atoms with van der Waals surface area (Å²) in [4.78, 5) is 14.3. The van der Waals surface area contributed by atoms with Crippen molar-refractivity contribution in [3.05, 3.63) is 46.7 Å². The van der Waals surface area contributed by atoms with E-state index in [-0.39, 0.29) is 18.0 Å². The molecule has 1 aromatic carbocycles. The quantitative estimate of drug-likeness (QED) is 0.607. The number of aryl methyl sites for hydroxylation is 1. The van der Waals surface area contributed by atoms with Gasteiger partial charge in [-0.15, -0.1) is 0 Å². The third-order valence-electron chi connectivity index (χ3n) is 6.91. The van der Waals surface area contributed by atoms with Gasteiger partial charge in [-0.05, 0) is 60.6 Å². The van der Waals surface area contributed by atoms with Gasteiger partial charge in [-0.25, -0.2) is 0 Å². The Hall–Kier alpha value is -2.97. The zero-order valence-electron chi connectivity index (χ0n) is 20.4. The van der Waals surface area contributed by atoms with E-state index in [4.69, 9.17) is 19.9 Å². The molecule has 1 amide bonds. The average molecular weight is 470 g/mol. The van der Waals surface area contributed by atoms with Gasteiger partial charge in [0.25, 0.3) is 0 Å². The molecule has 0 spiro atoms. The first kappa shape index (κ1) is 24.2. The minimum absolute atomic E-state index is 0.115. The number of allylic oxidation sites excluding steroid dienone is 2. The van der Waals surface area contributed by atoms with Crippen molar-refractivity contribution in [1.82, 2.24) is 10.2 Å². The van der Waals surface area contributed by atoms with Gasteiger partial charge in [0.05, 0.1) is 27.4 Å². The van der Waals surface area contributed by atoms with Crippen LogP contribution >= 0.6 is 0 Å². The predicted molar refractivity (Wildman–Crippen MR) is 131 cm³/mol. The summed E-state index contributed by atoms with van der Waals surface area (Å²) in [7, 11) is 4.80. The lowest BCUT2D eigenvalue weighted by atomic mass is 9.91. The first-order valence-corrected chi connectivity index (χ1v) is 11.8. The average Bonchev–Trinajstić information content (AvgIpc) is 3.07. The maximum atomic E-state index is 12.1. The van der Waals surface area contributed by atoms with E-state index in [1.807, 2.05) is 24.3 Å². The molecule has 0 bridgehead atoms. The number of methoxy groups -OCH3 is 3. The largest absolute Gasteiger partial charge is 0.493 e. The number of hydrogen-bond acceptors (Lipinski definition) is 7. The van der Waals surface area contributed by atoms with Crippen LogP contribution in [0.5, 0.6) is 17.2 Å². The van der Waals surface area contributed by atoms with Crippen molar-refractivity contribution in [1.29, 1.82) is 0 Å². The second-order valence-electron chi connectivity index (χ2n) is 9.03. The Labute approximate surface area is 201 Å². The maximum absolute atomic E-state index is 12.1. The minimum atomic E-state index is -0.804. The van der Waals surface area contributed by atoms with Gasteiger partial charge in [0.2, 0.25) is 11.7 Å². The number of benzene rings is 1. The topological polar surface area (TPSA) is 106 Å². The molecule has 8 heteroatoms. The van der Waals surface area contributed by atoms with Crippen LogP contribution in [0.15, 0.2) is 35.6 Å². The Morgan fingerprint density at radius 2 is 1.79 bits per heavy atom. The van der Waals surface area contributed by atoms with Crippen molar-refractivity contribution in [3.63, 3.8) is 0 Å². The molecule has 1 saturated heterocycles. The molecule has 0 aromatic heterocycles. The van der Waals surface area contributed by atoms with Gasteiger partial charge in [-0.3, -0.25) is 4.79 Å². The molecule has 3 aliphatic rings. The van der Waals surface area contributed by atoms with Crippen molar-refractivity contribution in [2.45, 2.75) is 50.8 Å². The van der Waals surface area contributed by atoms with Crippen molar-refractivity contribution >= 4 is 11.5 Å². The van der Waals surface area contributed by atoms with Crippen LogP contribution in [0.1, 0.15) is 37.3 Å². The number of nitrogens with zero attached hydrogens (tertiary/aromatic N) is 1. The predicted octanol–water partition coefficient (Wildman–Crippen LogP) is 2.15. The van der Waals surface area contributed by atoms with Crippen LogP contribution in [0, 0.1) is 0 Å². The minimum Gasteiger partial charge on any atom is -0.493 e. The monoisotopic (exact) mass is 469 g/mol. The number of likely N-dealkylation sites (tertiary alicyclic amines) is 1. The van der Waals surface area contributed by atoms with Crippen molar-refractivity contribution in [2.75, 3.05) is 34.4 Å². The lowest BCUT2D eigenvalue weighted by Crippen LogP contribution is -2.41. The number of aliphatic hydroxyl groups is 1. The molecular weight excluding hydrogens is 434 g/mol. The zero-order chi connectivity index (χ0) is 24.4. The van der Waals surface area contributed by atoms with Crippen LogP contribution < -0.4 is 25.3 Å². The van der Waals surface area contributed by atoms with E-state index < -0.39 is 6.10 Å². The summed E-state index contributed by atoms with van der Waals surface area (Å²) >= 11 is 0. The lowest BCUT2D eigenvalue weighted by molar-refractivity contribution is -0.119. The summed E-state index contributed by atoms with van der Waals surface area (Å²) < 4.78 is 17.1. The lowest BCUT2D eigenvalue weighted by Gasteiger charge is -2.35. The van der Waals surface area contributed by atoms with Gasteiger partial charge >= 0.3 is 0 Å². The van der Waals surface area contributed by atoms with Gasteiger partial charge in [-0.2, -0.15) is 0 Å². The first-order valence-electron chi connectivity index (χ1n) is 11.8. The smallest absolute Gasteiger partial charge is 0.217 e. The summed E-state index contributed by atoms with van der Waals surface area (Å²) in [5.41, 5.74) is 10.6. The maximum Gasteiger partial charge on any atom is 0.217 e. The van der Waals surface area contributed by atoms with E-state index in [0.29, 0.717) is 30.1 Å². The van der Waals surface area contributed by atoms with Gasteiger partial charge < -0.3 is 35.3 Å². The molecule has 8 nitrogen and oxygen atoms in total. The van der Waals surface area contributed by atoms with Crippen LogP contribution in [0.3, 0.4) is 0 Å².